The Morgan fingerprint density at radius 2 is 1.80 bits per heavy atom. The molecular weight excluding hydrogens is 408 g/mol. The summed E-state index contributed by atoms with van der Waals surface area (Å²) in [5.41, 5.74) is 1.18. The molecule has 2 heterocycles. The Balaban J connectivity index is 1.77. The van der Waals surface area contributed by atoms with Gasteiger partial charge in [0.05, 0.1) is 14.2 Å². The molecule has 1 N–H and O–H groups in total. The smallest absolute Gasteiger partial charge is 0.331 e. The number of benzene rings is 1. The van der Waals surface area contributed by atoms with E-state index in [0.29, 0.717) is 28.6 Å². The van der Waals surface area contributed by atoms with Gasteiger partial charge in [0.1, 0.15) is 5.57 Å². The fourth-order valence-electron chi connectivity index (χ4n) is 2.85. The molecule has 1 aromatic carbocycles. The summed E-state index contributed by atoms with van der Waals surface area (Å²) < 4.78 is 10.5. The fourth-order valence-corrected chi connectivity index (χ4v) is 3.16. The van der Waals surface area contributed by atoms with E-state index in [1.807, 2.05) is 12.3 Å². The third-order valence-corrected chi connectivity index (χ3v) is 4.98. The first kappa shape index (κ1) is 21.3. The molecule has 1 saturated heterocycles. The van der Waals surface area contributed by atoms with E-state index < -0.39 is 17.8 Å². The van der Waals surface area contributed by atoms with Crippen molar-refractivity contribution in [2.24, 2.45) is 0 Å². The second-order valence-electron chi connectivity index (χ2n) is 6.22. The van der Waals surface area contributed by atoms with Crippen LogP contribution >= 0.6 is 11.8 Å². The number of hydrogen-bond donors (Lipinski definition) is 1. The predicted molar refractivity (Wildman–Crippen MR) is 110 cm³/mol. The highest BCUT2D eigenvalue weighted by atomic mass is 32.2. The largest absolute Gasteiger partial charge is 0.493 e. The molecule has 3 rings (SSSR count). The molecule has 0 aliphatic carbocycles. The Kier molecular flexibility index (Phi) is 6.68. The minimum Gasteiger partial charge on any atom is -0.493 e. The molecule has 1 aliphatic rings. The molecule has 10 heteroatoms. The summed E-state index contributed by atoms with van der Waals surface area (Å²) in [6.45, 7) is 0.0900. The molecule has 1 fully saturated rings. The van der Waals surface area contributed by atoms with E-state index in [1.54, 1.807) is 19.2 Å². The summed E-state index contributed by atoms with van der Waals surface area (Å²) in [6, 6.07) is 4.59. The van der Waals surface area contributed by atoms with Crippen LogP contribution in [0.1, 0.15) is 11.1 Å². The van der Waals surface area contributed by atoms with Crippen LogP contribution in [0.3, 0.4) is 0 Å². The van der Waals surface area contributed by atoms with Gasteiger partial charge >= 0.3 is 6.03 Å². The maximum Gasteiger partial charge on any atom is 0.331 e. The SMILES string of the molecule is COc1ccc(CCN2C(=O)NC(=O)C(=Cc3cnc(SC)nc3)C2=O)cc1OC. The van der Waals surface area contributed by atoms with Crippen LogP contribution in [0, 0.1) is 0 Å². The second-order valence-corrected chi connectivity index (χ2v) is 6.99. The number of carbonyl (C=O) groups excluding carboxylic acids is 3. The van der Waals surface area contributed by atoms with E-state index in [1.165, 1.54) is 37.3 Å². The van der Waals surface area contributed by atoms with Gasteiger partial charge in [0.15, 0.2) is 16.7 Å². The molecule has 0 spiro atoms. The number of carbonyl (C=O) groups is 3. The number of methoxy groups -OCH3 is 2. The number of imide groups is 2. The molecular formula is C20H20N4O5S. The van der Waals surface area contributed by atoms with E-state index in [2.05, 4.69) is 15.3 Å². The normalized spacial score (nSPS) is 15.4. The van der Waals surface area contributed by atoms with Crippen molar-refractivity contribution in [1.82, 2.24) is 20.2 Å². The van der Waals surface area contributed by atoms with Gasteiger partial charge in [0.2, 0.25) is 0 Å². The molecule has 4 amide bonds. The minimum atomic E-state index is -0.753. The molecule has 1 aromatic heterocycles. The lowest BCUT2D eigenvalue weighted by Gasteiger charge is -2.26. The van der Waals surface area contributed by atoms with Crippen molar-refractivity contribution >= 4 is 35.7 Å². The first-order chi connectivity index (χ1) is 14.5. The lowest BCUT2D eigenvalue weighted by molar-refractivity contribution is -0.130. The van der Waals surface area contributed by atoms with Gasteiger partial charge in [0, 0.05) is 24.5 Å². The van der Waals surface area contributed by atoms with Crippen LogP contribution in [-0.2, 0) is 16.0 Å². The zero-order valence-electron chi connectivity index (χ0n) is 16.7. The number of rotatable bonds is 7. The van der Waals surface area contributed by atoms with Crippen molar-refractivity contribution in [2.75, 3.05) is 27.0 Å². The zero-order valence-corrected chi connectivity index (χ0v) is 17.5. The third kappa shape index (κ3) is 4.60. The molecule has 0 bridgehead atoms. The third-order valence-electron chi connectivity index (χ3n) is 4.40. The average molecular weight is 428 g/mol. The maximum atomic E-state index is 12.8. The summed E-state index contributed by atoms with van der Waals surface area (Å²) in [5, 5.41) is 2.77. The van der Waals surface area contributed by atoms with Gasteiger partial charge in [-0.15, -0.1) is 0 Å². The number of aromatic nitrogens is 2. The number of barbiturate groups is 1. The van der Waals surface area contributed by atoms with Gasteiger partial charge < -0.3 is 9.47 Å². The number of thioether (sulfide) groups is 1. The zero-order chi connectivity index (χ0) is 21.7. The van der Waals surface area contributed by atoms with Crippen LogP contribution in [-0.4, -0.2) is 59.7 Å². The van der Waals surface area contributed by atoms with Crippen LogP contribution in [0.2, 0.25) is 0 Å². The highest BCUT2D eigenvalue weighted by Gasteiger charge is 2.35. The van der Waals surface area contributed by atoms with Crippen molar-refractivity contribution < 1.29 is 23.9 Å². The van der Waals surface area contributed by atoms with Gasteiger partial charge in [-0.3, -0.25) is 19.8 Å². The van der Waals surface area contributed by atoms with Gasteiger partial charge in [0.25, 0.3) is 11.8 Å². The van der Waals surface area contributed by atoms with Gasteiger partial charge in [-0.05, 0) is 36.4 Å². The van der Waals surface area contributed by atoms with E-state index in [9.17, 15) is 14.4 Å². The van der Waals surface area contributed by atoms with Crippen molar-refractivity contribution in [2.45, 2.75) is 11.6 Å². The van der Waals surface area contributed by atoms with E-state index in [0.717, 1.165) is 10.5 Å². The van der Waals surface area contributed by atoms with Crippen molar-refractivity contribution in [3.63, 3.8) is 0 Å². The van der Waals surface area contributed by atoms with Crippen LogP contribution in [0.4, 0.5) is 4.79 Å². The molecule has 9 nitrogen and oxygen atoms in total. The number of hydrogen-bond acceptors (Lipinski definition) is 8. The Morgan fingerprint density at radius 3 is 2.43 bits per heavy atom. The van der Waals surface area contributed by atoms with Gasteiger partial charge in [-0.25, -0.2) is 14.8 Å². The van der Waals surface area contributed by atoms with E-state index in [4.69, 9.17) is 9.47 Å². The quantitative estimate of drug-likeness (QED) is 0.308. The molecule has 0 radical (unpaired) electrons. The minimum absolute atomic E-state index is 0.0900. The van der Waals surface area contributed by atoms with Crippen LogP contribution < -0.4 is 14.8 Å². The van der Waals surface area contributed by atoms with Gasteiger partial charge in [-0.2, -0.15) is 0 Å². The Labute approximate surface area is 177 Å². The summed E-state index contributed by atoms with van der Waals surface area (Å²) in [4.78, 5) is 46.4. The number of urea groups is 1. The Bertz CT molecular complexity index is 1010. The van der Waals surface area contributed by atoms with Crippen molar-refractivity contribution in [3.8, 4) is 11.5 Å². The molecule has 156 valence electrons. The lowest BCUT2D eigenvalue weighted by Crippen LogP contribution is -2.54. The first-order valence-corrected chi connectivity index (χ1v) is 10.1. The monoisotopic (exact) mass is 428 g/mol. The first-order valence-electron chi connectivity index (χ1n) is 8.92. The van der Waals surface area contributed by atoms with Crippen LogP contribution in [0.15, 0.2) is 41.3 Å². The molecule has 1 aliphatic heterocycles. The summed E-state index contributed by atoms with van der Waals surface area (Å²) in [6.07, 6.45) is 6.62. The number of ether oxygens (including phenoxy) is 2. The molecule has 30 heavy (non-hydrogen) atoms. The lowest BCUT2D eigenvalue weighted by atomic mass is 10.1. The molecule has 0 saturated carbocycles. The molecule has 2 aromatic rings. The van der Waals surface area contributed by atoms with Crippen LogP contribution in [0.25, 0.3) is 6.08 Å². The molecule has 0 atom stereocenters. The summed E-state index contributed by atoms with van der Waals surface area (Å²) in [7, 11) is 3.07. The topological polar surface area (TPSA) is 111 Å². The maximum absolute atomic E-state index is 12.8. The number of nitrogens with one attached hydrogen (secondary N) is 1. The standard InChI is InChI=1S/C20H20N4O5S/c1-28-15-5-4-12(9-16(15)29-2)6-7-24-18(26)14(17(25)23-20(24)27)8-13-10-21-19(30-3)22-11-13/h4-5,8-11H,6-7H2,1-3H3,(H,23,25,27). The summed E-state index contributed by atoms with van der Waals surface area (Å²) in [5.74, 6) is -0.285. The van der Waals surface area contributed by atoms with Crippen molar-refractivity contribution in [1.29, 1.82) is 0 Å². The number of amides is 4. The molecule has 0 unspecified atom stereocenters. The average Bonchev–Trinajstić information content (AvgIpc) is 2.76. The number of nitrogens with zero attached hydrogens (tertiary/aromatic N) is 3. The van der Waals surface area contributed by atoms with Crippen molar-refractivity contribution in [3.05, 3.63) is 47.3 Å². The fraction of sp³-hybridized carbons (Fsp3) is 0.250. The Hall–Kier alpha value is -3.40. The highest BCUT2D eigenvalue weighted by Crippen LogP contribution is 2.28. The van der Waals surface area contributed by atoms with E-state index in [-0.39, 0.29) is 12.1 Å². The second kappa shape index (κ2) is 9.40. The summed E-state index contributed by atoms with van der Waals surface area (Å²) >= 11 is 1.38. The predicted octanol–water partition coefficient (Wildman–Crippen LogP) is 1.92. The van der Waals surface area contributed by atoms with Gasteiger partial charge in [-0.1, -0.05) is 17.8 Å². The van der Waals surface area contributed by atoms with E-state index >= 15 is 0 Å². The Morgan fingerprint density at radius 1 is 1.10 bits per heavy atom. The highest BCUT2D eigenvalue weighted by molar-refractivity contribution is 7.98. The van der Waals surface area contributed by atoms with Crippen LogP contribution in [0.5, 0.6) is 11.5 Å².